The number of hydrogen-bond acceptors (Lipinski definition) is 3. The largest absolute Gasteiger partial charge is 0.356 e. The third kappa shape index (κ3) is 4.52. The van der Waals surface area contributed by atoms with Crippen LogP contribution < -0.4 is 21.7 Å². The Bertz CT molecular complexity index is 641. The maximum atomic E-state index is 11.8. The summed E-state index contributed by atoms with van der Waals surface area (Å²) in [5.41, 5.74) is 7.51. The number of urea groups is 1. The van der Waals surface area contributed by atoms with Gasteiger partial charge in [-0.15, -0.1) is 0 Å². The Morgan fingerprint density at radius 3 is 2.05 bits per heavy atom. The summed E-state index contributed by atoms with van der Waals surface area (Å²) in [5, 5.41) is 8.27. The average molecular weight is 298 g/mol. The molecule has 0 saturated carbocycles. The Kier molecular flexibility index (Phi) is 4.98. The van der Waals surface area contributed by atoms with Gasteiger partial charge in [-0.05, 0) is 43.3 Å². The lowest BCUT2D eigenvalue weighted by molar-refractivity contribution is -0.117. The van der Waals surface area contributed by atoms with Gasteiger partial charge in [-0.25, -0.2) is 4.79 Å². The summed E-state index contributed by atoms with van der Waals surface area (Å²) in [7, 11) is 0. The van der Waals surface area contributed by atoms with E-state index >= 15 is 0 Å². The van der Waals surface area contributed by atoms with E-state index in [1.165, 1.54) is 0 Å². The molecule has 0 aliphatic carbocycles. The van der Waals surface area contributed by atoms with Crippen LogP contribution >= 0.6 is 0 Å². The molecular formula is C16H18N4O2. The topological polar surface area (TPSA) is 96.2 Å². The second kappa shape index (κ2) is 7.12. The number of carbonyl (C=O) groups is 2. The highest BCUT2D eigenvalue weighted by atomic mass is 16.2. The van der Waals surface area contributed by atoms with Crippen molar-refractivity contribution in [2.75, 3.05) is 10.6 Å². The predicted octanol–water partition coefficient (Wildman–Crippen LogP) is 2.43. The second-order valence-corrected chi connectivity index (χ2v) is 4.79. The maximum absolute atomic E-state index is 11.8. The number of hydrogen-bond donors (Lipinski definition) is 4. The zero-order valence-electron chi connectivity index (χ0n) is 12.2. The summed E-state index contributed by atoms with van der Waals surface area (Å²) >= 11 is 0. The van der Waals surface area contributed by atoms with E-state index in [0.29, 0.717) is 5.69 Å². The molecule has 0 aromatic heterocycles. The number of carbonyl (C=O) groups excluding carboxylic acids is 2. The summed E-state index contributed by atoms with van der Waals surface area (Å²) in [5.74, 6) is -0.331. The Balaban J connectivity index is 1.94. The zero-order valence-corrected chi connectivity index (χ0v) is 12.2. The fourth-order valence-corrected chi connectivity index (χ4v) is 1.85. The molecule has 0 bridgehead atoms. The highest BCUT2D eigenvalue weighted by molar-refractivity contribution is 5.96. The molecule has 0 fully saturated rings. The number of para-hydroxylation sites is 1. The highest BCUT2D eigenvalue weighted by Crippen LogP contribution is 2.18. The van der Waals surface area contributed by atoms with Crippen molar-refractivity contribution >= 4 is 29.0 Å². The van der Waals surface area contributed by atoms with Gasteiger partial charge in [0.05, 0.1) is 0 Å². The van der Waals surface area contributed by atoms with Gasteiger partial charge in [0.15, 0.2) is 0 Å². The molecule has 3 amide bonds. The first-order valence-electron chi connectivity index (χ1n) is 6.83. The molecule has 0 saturated heterocycles. The lowest BCUT2D eigenvalue weighted by Gasteiger charge is -2.13. The van der Waals surface area contributed by atoms with Crippen molar-refractivity contribution in [3.8, 4) is 0 Å². The SMILES string of the molecule is CC(NC(N)=O)C(=O)Nc1ccc(Nc2ccccc2)cc1. The smallest absolute Gasteiger partial charge is 0.312 e. The highest BCUT2D eigenvalue weighted by Gasteiger charge is 2.13. The number of nitrogens with two attached hydrogens (primary N) is 1. The van der Waals surface area contributed by atoms with Gasteiger partial charge in [-0.2, -0.15) is 0 Å². The normalized spacial score (nSPS) is 11.3. The number of rotatable bonds is 5. The van der Waals surface area contributed by atoms with Crippen LogP contribution in [0.3, 0.4) is 0 Å². The maximum Gasteiger partial charge on any atom is 0.312 e. The summed E-state index contributed by atoms with van der Waals surface area (Å²) in [6, 6.07) is 15.6. The van der Waals surface area contributed by atoms with Crippen LogP contribution in [0.5, 0.6) is 0 Å². The second-order valence-electron chi connectivity index (χ2n) is 4.79. The summed E-state index contributed by atoms with van der Waals surface area (Å²) < 4.78 is 0. The summed E-state index contributed by atoms with van der Waals surface area (Å²) in [4.78, 5) is 22.5. The van der Waals surface area contributed by atoms with E-state index in [0.717, 1.165) is 11.4 Å². The van der Waals surface area contributed by atoms with E-state index in [4.69, 9.17) is 5.73 Å². The molecule has 5 N–H and O–H groups in total. The molecule has 0 aliphatic rings. The first-order valence-corrected chi connectivity index (χ1v) is 6.83. The molecule has 2 aromatic rings. The van der Waals surface area contributed by atoms with Gasteiger partial charge < -0.3 is 21.7 Å². The molecule has 0 heterocycles. The lowest BCUT2D eigenvalue weighted by Crippen LogP contribution is -2.44. The number of anilines is 3. The molecule has 1 atom stereocenters. The molecule has 2 aromatic carbocycles. The number of primary amides is 1. The quantitative estimate of drug-likeness (QED) is 0.682. The molecule has 0 spiro atoms. The first-order chi connectivity index (χ1) is 10.5. The van der Waals surface area contributed by atoms with Crippen LogP contribution in [-0.4, -0.2) is 18.0 Å². The third-order valence-electron chi connectivity index (χ3n) is 2.97. The van der Waals surface area contributed by atoms with Gasteiger partial charge in [0.2, 0.25) is 5.91 Å². The van der Waals surface area contributed by atoms with E-state index in [-0.39, 0.29) is 5.91 Å². The van der Waals surface area contributed by atoms with Gasteiger partial charge in [0.1, 0.15) is 6.04 Å². The van der Waals surface area contributed by atoms with Crippen molar-refractivity contribution in [1.29, 1.82) is 0 Å². The van der Waals surface area contributed by atoms with Crippen LogP contribution in [0.4, 0.5) is 21.9 Å². The van der Waals surface area contributed by atoms with Crippen LogP contribution in [0.15, 0.2) is 54.6 Å². The summed E-state index contributed by atoms with van der Waals surface area (Å²) in [6.07, 6.45) is 0. The Morgan fingerprint density at radius 1 is 0.909 bits per heavy atom. The number of benzene rings is 2. The monoisotopic (exact) mass is 298 g/mol. The van der Waals surface area contributed by atoms with Crippen molar-refractivity contribution in [1.82, 2.24) is 5.32 Å². The molecule has 6 nitrogen and oxygen atoms in total. The van der Waals surface area contributed by atoms with E-state index < -0.39 is 12.1 Å². The number of nitrogens with one attached hydrogen (secondary N) is 3. The van der Waals surface area contributed by atoms with Crippen molar-refractivity contribution in [3.63, 3.8) is 0 Å². The third-order valence-corrected chi connectivity index (χ3v) is 2.97. The van der Waals surface area contributed by atoms with Crippen LogP contribution in [-0.2, 0) is 4.79 Å². The van der Waals surface area contributed by atoms with Crippen LogP contribution in [0.1, 0.15) is 6.92 Å². The Labute approximate surface area is 128 Å². The van der Waals surface area contributed by atoms with Gasteiger partial charge >= 0.3 is 6.03 Å². The van der Waals surface area contributed by atoms with Crippen molar-refractivity contribution in [2.24, 2.45) is 5.73 Å². The molecule has 0 radical (unpaired) electrons. The fraction of sp³-hybridized carbons (Fsp3) is 0.125. The summed E-state index contributed by atoms with van der Waals surface area (Å²) in [6.45, 7) is 1.56. The molecular weight excluding hydrogens is 280 g/mol. The minimum absolute atomic E-state index is 0.331. The van der Waals surface area contributed by atoms with Gasteiger partial charge in [0, 0.05) is 17.1 Å². The van der Waals surface area contributed by atoms with Crippen LogP contribution in [0, 0.1) is 0 Å². The molecule has 2 rings (SSSR count). The fourth-order valence-electron chi connectivity index (χ4n) is 1.85. The minimum Gasteiger partial charge on any atom is -0.356 e. The van der Waals surface area contributed by atoms with Crippen molar-refractivity contribution in [2.45, 2.75) is 13.0 Å². The van der Waals surface area contributed by atoms with Crippen molar-refractivity contribution in [3.05, 3.63) is 54.6 Å². The molecule has 114 valence electrons. The molecule has 6 heteroatoms. The first kappa shape index (κ1) is 15.4. The number of amides is 3. The van der Waals surface area contributed by atoms with E-state index in [2.05, 4.69) is 16.0 Å². The van der Waals surface area contributed by atoms with E-state index in [9.17, 15) is 9.59 Å². The Morgan fingerprint density at radius 2 is 1.45 bits per heavy atom. The van der Waals surface area contributed by atoms with Gasteiger partial charge in [0.25, 0.3) is 0 Å². The van der Waals surface area contributed by atoms with Gasteiger partial charge in [-0.1, -0.05) is 18.2 Å². The van der Waals surface area contributed by atoms with Crippen molar-refractivity contribution < 1.29 is 9.59 Å². The zero-order chi connectivity index (χ0) is 15.9. The minimum atomic E-state index is -0.731. The average Bonchev–Trinajstić information content (AvgIpc) is 2.49. The molecule has 1 unspecified atom stereocenters. The van der Waals surface area contributed by atoms with Gasteiger partial charge in [-0.3, -0.25) is 4.79 Å². The van der Waals surface area contributed by atoms with Crippen LogP contribution in [0.2, 0.25) is 0 Å². The molecule has 22 heavy (non-hydrogen) atoms. The predicted molar refractivity (Wildman–Crippen MR) is 87.0 cm³/mol. The lowest BCUT2D eigenvalue weighted by atomic mass is 10.2. The Hall–Kier alpha value is -3.02. The standard InChI is InChI=1S/C16H18N4O2/c1-11(18-16(17)22)15(21)20-14-9-7-13(8-10-14)19-12-5-3-2-4-6-12/h2-11,19H,1H3,(H,20,21)(H3,17,18,22). The molecule has 0 aliphatic heterocycles. The van der Waals surface area contributed by atoms with Crippen LogP contribution in [0.25, 0.3) is 0 Å². The van der Waals surface area contributed by atoms with E-state index in [1.807, 2.05) is 42.5 Å². The van der Waals surface area contributed by atoms with E-state index in [1.54, 1.807) is 19.1 Å².